The van der Waals surface area contributed by atoms with E-state index in [1.165, 1.54) is 0 Å². The minimum absolute atomic E-state index is 0.155. The zero-order valence-corrected chi connectivity index (χ0v) is 11.8. The van der Waals surface area contributed by atoms with Crippen LogP contribution in [0.15, 0.2) is 24.3 Å². The number of fused-ring (bicyclic) bond motifs is 1. The third-order valence-electron chi connectivity index (χ3n) is 3.03. The Bertz CT molecular complexity index is 631. The summed E-state index contributed by atoms with van der Waals surface area (Å²) >= 11 is 0. The molecule has 1 aromatic heterocycles. The summed E-state index contributed by atoms with van der Waals surface area (Å²) in [5.74, 6) is 0.213. The molecule has 106 valence electrons. The van der Waals surface area contributed by atoms with Crippen LogP contribution in [0.2, 0.25) is 0 Å². The fourth-order valence-electron chi connectivity index (χ4n) is 2.18. The fraction of sp³-hybridized carbons (Fsp3) is 0.400. The first-order valence-corrected chi connectivity index (χ1v) is 6.77. The van der Waals surface area contributed by atoms with Crippen molar-refractivity contribution in [2.45, 2.75) is 33.2 Å². The summed E-state index contributed by atoms with van der Waals surface area (Å²) in [5.41, 5.74) is 1.79. The molecule has 0 N–H and O–H groups in total. The molecule has 5 nitrogen and oxygen atoms in total. The number of Topliss-reactive ketones (excluding diaryl/α,β-unsaturated/α-hetero) is 1. The summed E-state index contributed by atoms with van der Waals surface area (Å²) in [6, 6.07) is 7.68. The Kier molecular flexibility index (Phi) is 4.50. The first-order valence-electron chi connectivity index (χ1n) is 6.77. The number of carbonyl (C=O) groups is 2. The van der Waals surface area contributed by atoms with Crippen LogP contribution in [0.5, 0.6) is 0 Å². The molecule has 0 fully saturated rings. The molecule has 0 aliphatic rings. The molecule has 0 aliphatic heterocycles. The second kappa shape index (κ2) is 6.32. The number of rotatable bonds is 6. The highest BCUT2D eigenvalue weighted by atomic mass is 16.5. The van der Waals surface area contributed by atoms with Crippen LogP contribution in [0.3, 0.4) is 0 Å². The Balaban J connectivity index is 2.20. The molecule has 2 rings (SSSR count). The van der Waals surface area contributed by atoms with Gasteiger partial charge in [-0.2, -0.15) is 0 Å². The maximum atomic E-state index is 12.0. The third kappa shape index (κ3) is 3.04. The smallest absolute Gasteiger partial charge is 0.313 e. The maximum absolute atomic E-state index is 12.0. The van der Waals surface area contributed by atoms with Gasteiger partial charge >= 0.3 is 5.97 Å². The zero-order valence-electron chi connectivity index (χ0n) is 11.8. The van der Waals surface area contributed by atoms with Crippen molar-refractivity contribution in [3.63, 3.8) is 0 Å². The number of esters is 1. The van der Waals surface area contributed by atoms with Crippen LogP contribution in [0.4, 0.5) is 0 Å². The van der Waals surface area contributed by atoms with Crippen molar-refractivity contribution in [2.75, 3.05) is 6.61 Å². The molecule has 0 saturated carbocycles. The molecule has 0 atom stereocenters. The van der Waals surface area contributed by atoms with Crippen molar-refractivity contribution in [1.29, 1.82) is 0 Å². The number of hydrogen-bond donors (Lipinski definition) is 0. The molecule has 0 amide bonds. The van der Waals surface area contributed by atoms with Crippen molar-refractivity contribution in [3.8, 4) is 0 Å². The van der Waals surface area contributed by atoms with Gasteiger partial charge in [-0.3, -0.25) is 9.59 Å². The minimum Gasteiger partial charge on any atom is -0.466 e. The second-order valence-corrected chi connectivity index (χ2v) is 4.48. The number of benzene rings is 1. The largest absolute Gasteiger partial charge is 0.466 e. The van der Waals surface area contributed by atoms with E-state index in [4.69, 9.17) is 4.74 Å². The van der Waals surface area contributed by atoms with Gasteiger partial charge in [-0.1, -0.05) is 19.1 Å². The highest BCUT2D eigenvalue weighted by Gasteiger charge is 2.15. The van der Waals surface area contributed by atoms with E-state index in [0.717, 1.165) is 23.3 Å². The number of aromatic nitrogens is 2. The highest BCUT2D eigenvalue weighted by molar-refractivity contribution is 5.96. The van der Waals surface area contributed by atoms with Crippen molar-refractivity contribution in [2.24, 2.45) is 0 Å². The molecule has 1 heterocycles. The Morgan fingerprint density at radius 3 is 2.70 bits per heavy atom. The normalized spacial score (nSPS) is 10.7. The van der Waals surface area contributed by atoms with Crippen molar-refractivity contribution in [1.82, 2.24) is 9.55 Å². The monoisotopic (exact) mass is 274 g/mol. The molecule has 20 heavy (non-hydrogen) atoms. The molecule has 0 bridgehead atoms. The maximum Gasteiger partial charge on any atom is 0.313 e. The van der Waals surface area contributed by atoms with Gasteiger partial charge < -0.3 is 9.30 Å². The molecule has 0 unspecified atom stereocenters. The molecule has 0 saturated heterocycles. The lowest BCUT2D eigenvalue weighted by Crippen LogP contribution is -2.17. The lowest BCUT2D eigenvalue weighted by Gasteiger charge is -2.07. The SMILES string of the molecule is CCOC(=O)CC(=O)Cn1c(CC)nc2ccccc21. The molecular formula is C15H18N2O3. The fourth-order valence-corrected chi connectivity index (χ4v) is 2.18. The average Bonchev–Trinajstić information content (AvgIpc) is 2.77. The molecule has 0 aliphatic carbocycles. The number of nitrogens with zero attached hydrogens (tertiary/aromatic N) is 2. The van der Waals surface area contributed by atoms with Gasteiger partial charge in [0, 0.05) is 6.42 Å². The van der Waals surface area contributed by atoms with Gasteiger partial charge in [0.05, 0.1) is 24.2 Å². The molecule has 0 radical (unpaired) electrons. The lowest BCUT2D eigenvalue weighted by molar-refractivity contribution is -0.145. The van der Waals surface area contributed by atoms with Gasteiger partial charge in [0.25, 0.3) is 0 Å². The van der Waals surface area contributed by atoms with E-state index >= 15 is 0 Å². The van der Waals surface area contributed by atoms with E-state index in [1.807, 2.05) is 35.8 Å². The van der Waals surface area contributed by atoms with E-state index in [-0.39, 0.29) is 18.7 Å². The number of carbonyl (C=O) groups excluding carboxylic acids is 2. The van der Waals surface area contributed by atoms with Crippen LogP contribution >= 0.6 is 0 Å². The van der Waals surface area contributed by atoms with E-state index in [2.05, 4.69) is 4.98 Å². The van der Waals surface area contributed by atoms with Crippen LogP contribution in [-0.2, 0) is 27.3 Å². The van der Waals surface area contributed by atoms with Crippen LogP contribution in [0.25, 0.3) is 11.0 Å². The molecule has 0 spiro atoms. The number of hydrogen-bond acceptors (Lipinski definition) is 4. The van der Waals surface area contributed by atoms with Gasteiger partial charge in [0.2, 0.25) is 0 Å². The number of para-hydroxylation sites is 2. The average molecular weight is 274 g/mol. The van der Waals surface area contributed by atoms with Gasteiger partial charge in [-0.25, -0.2) is 4.98 Å². The quantitative estimate of drug-likeness (QED) is 0.598. The number of aryl methyl sites for hydroxylation is 1. The van der Waals surface area contributed by atoms with Crippen LogP contribution in [-0.4, -0.2) is 27.9 Å². The van der Waals surface area contributed by atoms with Gasteiger partial charge in [-0.15, -0.1) is 0 Å². The van der Waals surface area contributed by atoms with E-state index in [0.29, 0.717) is 6.61 Å². The second-order valence-electron chi connectivity index (χ2n) is 4.48. The predicted octanol–water partition coefficient (Wildman–Crippen LogP) is 2.12. The van der Waals surface area contributed by atoms with Gasteiger partial charge in [-0.05, 0) is 19.1 Å². The van der Waals surface area contributed by atoms with Crippen LogP contribution < -0.4 is 0 Å². The van der Waals surface area contributed by atoms with E-state index in [9.17, 15) is 9.59 Å². The number of ether oxygens (including phenoxy) is 1. The summed E-state index contributed by atoms with van der Waals surface area (Å²) in [5, 5.41) is 0. The topological polar surface area (TPSA) is 61.2 Å². The summed E-state index contributed by atoms with van der Waals surface area (Å²) < 4.78 is 6.66. The van der Waals surface area contributed by atoms with Crippen molar-refractivity contribution in [3.05, 3.63) is 30.1 Å². The lowest BCUT2D eigenvalue weighted by atomic mass is 10.2. The summed E-state index contributed by atoms with van der Waals surface area (Å²) in [6.07, 6.45) is 0.546. The molecule has 5 heteroatoms. The Labute approximate surface area is 117 Å². The standard InChI is InChI=1S/C15H18N2O3/c1-3-14-16-12-7-5-6-8-13(12)17(14)10-11(18)9-15(19)20-4-2/h5-8H,3-4,9-10H2,1-2H3. The summed E-state index contributed by atoms with van der Waals surface area (Å²) in [6.45, 7) is 4.16. The molecular weight excluding hydrogens is 256 g/mol. The van der Waals surface area contributed by atoms with E-state index < -0.39 is 5.97 Å². The van der Waals surface area contributed by atoms with Gasteiger partial charge in [0.1, 0.15) is 12.2 Å². The number of ketones is 1. The van der Waals surface area contributed by atoms with Crippen LogP contribution in [0.1, 0.15) is 26.1 Å². The van der Waals surface area contributed by atoms with Crippen molar-refractivity contribution < 1.29 is 14.3 Å². The third-order valence-corrected chi connectivity index (χ3v) is 3.03. The predicted molar refractivity (Wildman–Crippen MR) is 75.4 cm³/mol. The Morgan fingerprint density at radius 2 is 2.00 bits per heavy atom. The minimum atomic E-state index is -0.472. The number of imidazole rings is 1. The van der Waals surface area contributed by atoms with E-state index in [1.54, 1.807) is 6.92 Å². The summed E-state index contributed by atoms with van der Waals surface area (Å²) in [7, 11) is 0. The Morgan fingerprint density at radius 1 is 1.25 bits per heavy atom. The van der Waals surface area contributed by atoms with Crippen LogP contribution in [0, 0.1) is 0 Å². The molecule has 1 aromatic carbocycles. The highest BCUT2D eigenvalue weighted by Crippen LogP contribution is 2.16. The molecule has 2 aromatic rings. The summed E-state index contributed by atoms with van der Waals surface area (Å²) in [4.78, 5) is 27.8. The first kappa shape index (κ1) is 14.2. The Hall–Kier alpha value is -2.17. The first-order chi connectivity index (χ1) is 9.65. The van der Waals surface area contributed by atoms with Crippen molar-refractivity contribution >= 4 is 22.8 Å². The zero-order chi connectivity index (χ0) is 14.5. The van der Waals surface area contributed by atoms with Gasteiger partial charge in [0.15, 0.2) is 5.78 Å².